The van der Waals surface area contributed by atoms with Crippen molar-refractivity contribution in [3.05, 3.63) is 0 Å². The van der Waals surface area contributed by atoms with E-state index in [1.54, 1.807) is 0 Å². The second-order valence-electron chi connectivity index (χ2n) is 3.82. The molecule has 11 heavy (non-hydrogen) atoms. The molecule has 66 valence electrons. The lowest BCUT2D eigenvalue weighted by atomic mass is 9.89. The Labute approximate surface area is 69.2 Å². The fourth-order valence-corrected chi connectivity index (χ4v) is 2.01. The maximum Gasteiger partial charge on any atom is 0.0774 e. The van der Waals surface area contributed by atoms with E-state index in [4.69, 9.17) is 0 Å². The van der Waals surface area contributed by atoms with Crippen LogP contribution in [0.15, 0.2) is 0 Å². The summed E-state index contributed by atoms with van der Waals surface area (Å²) in [6.45, 7) is 4.14. The first-order chi connectivity index (χ1) is 5.16. The third kappa shape index (κ3) is 2.46. The van der Waals surface area contributed by atoms with Gasteiger partial charge in [-0.2, -0.15) is 0 Å². The molecule has 1 aliphatic rings. The molecule has 1 fully saturated rings. The third-order valence-corrected chi connectivity index (χ3v) is 2.46. The average Bonchev–Trinajstić information content (AvgIpc) is 1.86. The molecule has 1 N–H and O–H groups in total. The lowest BCUT2D eigenvalue weighted by molar-refractivity contribution is -0.0298. The highest BCUT2D eigenvalue weighted by Crippen LogP contribution is 2.24. The highest BCUT2D eigenvalue weighted by molar-refractivity contribution is 4.85. The van der Waals surface area contributed by atoms with Crippen LogP contribution in [0, 0.1) is 0 Å². The summed E-state index contributed by atoms with van der Waals surface area (Å²) in [5.41, 5.74) is -0.373. The molecule has 2 heteroatoms. The number of likely N-dealkylation sites (N-methyl/N-ethyl adjacent to an activating group) is 1. The molecule has 0 spiro atoms. The van der Waals surface area contributed by atoms with Gasteiger partial charge in [0, 0.05) is 6.54 Å². The summed E-state index contributed by atoms with van der Waals surface area (Å²) in [6, 6.07) is 0. The third-order valence-electron chi connectivity index (χ3n) is 2.46. The Morgan fingerprint density at radius 3 is 2.82 bits per heavy atom. The smallest absolute Gasteiger partial charge is 0.0774 e. The van der Waals surface area contributed by atoms with Gasteiger partial charge in [-0.15, -0.1) is 0 Å². The second kappa shape index (κ2) is 3.55. The van der Waals surface area contributed by atoms with Crippen molar-refractivity contribution in [3.8, 4) is 0 Å². The van der Waals surface area contributed by atoms with Gasteiger partial charge in [-0.3, -0.25) is 0 Å². The van der Waals surface area contributed by atoms with Gasteiger partial charge < -0.3 is 10.0 Å². The maximum atomic E-state index is 10.0. The molecule has 1 unspecified atom stereocenters. The topological polar surface area (TPSA) is 23.5 Å². The van der Waals surface area contributed by atoms with Crippen molar-refractivity contribution in [1.82, 2.24) is 4.90 Å². The first-order valence-electron chi connectivity index (χ1n) is 4.57. The fourth-order valence-electron chi connectivity index (χ4n) is 2.01. The predicted octanol–water partition coefficient (Wildman–Crippen LogP) is 1.24. The summed E-state index contributed by atoms with van der Waals surface area (Å²) < 4.78 is 0. The van der Waals surface area contributed by atoms with Crippen LogP contribution in [-0.4, -0.2) is 35.7 Å². The summed E-state index contributed by atoms with van der Waals surface area (Å²) in [4.78, 5) is 2.22. The fraction of sp³-hybridized carbons (Fsp3) is 1.00. The van der Waals surface area contributed by atoms with Gasteiger partial charge in [0.1, 0.15) is 0 Å². The highest BCUT2D eigenvalue weighted by atomic mass is 16.3. The van der Waals surface area contributed by atoms with Crippen LogP contribution in [0.1, 0.15) is 32.6 Å². The largest absolute Gasteiger partial charge is 0.389 e. The van der Waals surface area contributed by atoms with E-state index in [1.165, 1.54) is 0 Å². The summed E-state index contributed by atoms with van der Waals surface area (Å²) in [5, 5.41) is 10.0. The van der Waals surface area contributed by atoms with Crippen LogP contribution in [0.4, 0.5) is 0 Å². The van der Waals surface area contributed by atoms with Crippen molar-refractivity contribution in [1.29, 1.82) is 0 Å². The predicted molar refractivity (Wildman–Crippen MR) is 46.6 cm³/mol. The van der Waals surface area contributed by atoms with E-state index in [9.17, 15) is 5.11 Å². The van der Waals surface area contributed by atoms with E-state index in [1.807, 2.05) is 0 Å². The van der Waals surface area contributed by atoms with Gasteiger partial charge in [-0.1, -0.05) is 13.3 Å². The van der Waals surface area contributed by atoms with E-state index in [0.29, 0.717) is 0 Å². The standard InChI is InChI=1S/C9H19NO/c1-3-5-9(11)6-4-7-10(2)8-9/h11H,3-8H2,1-2H3. The van der Waals surface area contributed by atoms with Crippen molar-refractivity contribution in [2.75, 3.05) is 20.1 Å². The van der Waals surface area contributed by atoms with Gasteiger partial charge in [-0.05, 0) is 32.9 Å². The molecular weight excluding hydrogens is 138 g/mol. The average molecular weight is 157 g/mol. The van der Waals surface area contributed by atoms with Crippen molar-refractivity contribution in [3.63, 3.8) is 0 Å². The maximum absolute atomic E-state index is 10.0. The summed E-state index contributed by atoms with van der Waals surface area (Å²) in [6.07, 6.45) is 4.18. The molecule has 1 rings (SSSR count). The van der Waals surface area contributed by atoms with Gasteiger partial charge in [-0.25, -0.2) is 0 Å². The van der Waals surface area contributed by atoms with E-state index in [-0.39, 0.29) is 5.60 Å². The SMILES string of the molecule is CCCC1(O)CCCN(C)C1. The number of rotatable bonds is 2. The molecule has 0 bridgehead atoms. The molecule has 2 nitrogen and oxygen atoms in total. The molecule has 1 heterocycles. The summed E-state index contributed by atoms with van der Waals surface area (Å²) >= 11 is 0. The van der Waals surface area contributed by atoms with Crippen LogP contribution in [0.25, 0.3) is 0 Å². The monoisotopic (exact) mass is 157 g/mol. The van der Waals surface area contributed by atoms with E-state index in [0.717, 1.165) is 38.8 Å². The molecule has 0 aromatic heterocycles. The normalized spacial score (nSPS) is 34.1. The van der Waals surface area contributed by atoms with Crippen molar-refractivity contribution < 1.29 is 5.11 Å². The molecule has 0 amide bonds. The number of hydrogen-bond acceptors (Lipinski definition) is 2. The minimum Gasteiger partial charge on any atom is -0.389 e. The molecule has 1 atom stereocenters. The number of piperidine rings is 1. The highest BCUT2D eigenvalue weighted by Gasteiger charge is 2.30. The van der Waals surface area contributed by atoms with Gasteiger partial charge in [0.2, 0.25) is 0 Å². The molecule has 0 radical (unpaired) electrons. The molecule has 1 aliphatic heterocycles. The Kier molecular flexibility index (Phi) is 2.90. The lowest BCUT2D eigenvalue weighted by Crippen LogP contribution is -2.46. The Morgan fingerprint density at radius 2 is 2.27 bits per heavy atom. The zero-order valence-electron chi connectivity index (χ0n) is 7.64. The molecule has 1 saturated heterocycles. The van der Waals surface area contributed by atoms with Crippen LogP contribution < -0.4 is 0 Å². The molecule has 0 saturated carbocycles. The van der Waals surface area contributed by atoms with Crippen molar-refractivity contribution >= 4 is 0 Å². The zero-order valence-corrected chi connectivity index (χ0v) is 7.64. The minimum atomic E-state index is -0.373. The van der Waals surface area contributed by atoms with Crippen LogP contribution >= 0.6 is 0 Å². The zero-order chi connectivity index (χ0) is 8.32. The second-order valence-corrected chi connectivity index (χ2v) is 3.82. The Hall–Kier alpha value is -0.0800. The molecular formula is C9H19NO. The Balaban J connectivity index is 2.41. The first kappa shape index (κ1) is 9.01. The van der Waals surface area contributed by atoms with Crippen LogP contribution in [0.2, 0.25) is 0 Å². The molecule has 0 aromatic rings. The van der Waals surface area contributed by atoms with Gasteiger partial charge in [0.05, 0.1) is 5.60 Å². The Bertz CT molecular complexity index is 123. The van der Waals surface area contributed by atoms with Crippen molar-refractivity contribution in [2.24, 2.45) is 0 Å². The van der Waals surface area contributed by atoms with Crippen LogP contribution in [-0.2, 0) is 0 Å². The number of aliphatic hydroxyl groups is 1. The van der Waals surface area contributed by atoms with E-state index < -0.39 is 0 Å². The van der Waals surface area contributed by atoms with Crippen LogP contribution in [0.5, 0.6) is 0 Å². The quantitative estimate of drug-likeness (QED) is 0.652. The van der Waals surface area contributed by atoms with Crippen molar-refractivity contribution in [2.45, 2.75) is 38.2 Å². The van der Waals surface area contributed by atoms with Crippen LogP contribution in [0.3, 0.4) is 0 Å². The molecule has 0 aliphatic carbocycles. The first-order valence-corrected chi connectivity index (χ1v) is 4.57. The number of β-amino-alcohol motifs (C(OH)–C–C–N with tert-alkyl or cyclic N) is 1. The number of nitrogens with zero attached hydrogens (tertiary/aromatic N) is 1. The van der Waals surface area contributed by atoms with Gasteiger partial charge in [0.15, 0.2) is 0 Å². The van der Waals surface area contributed by atoms with Gasteiger partial charge >= 0.3 is 0 Å². The number of hydrogen-bond donors (Lipinski definition) is 1. The van der Waals surface area contributed by atoms with E-state index in [2.05, 4.69) is 18.9 Å². The van der Waals surface area contributed by atoms with E-state index >= 15 is 0 Å². The lowest BCUT2D eigenvalue weighted by Gasteiger charge is -2.37. The Morgan fingerprint density at radius 1 is 1.55 bits per heavy atom. The minimum absolute atomic E-state index is 0.373. The molecule has 0 aromatic carbocycles. The summed E-state index contributed by atoms with van der Waals surface area (Å²) in [5.74, 6) is 0. The summed E-state index contributed by atoms with van der Waals surface area (Å²) in [7, 11) is 2.08. The number of likely N-dealkylation sites (tertiary alicyclic amines) is 1. The van der Waals surface area contributed by atoms with Gasteiger partial charge in [0.25, 0.3) is 0 Å².